The minimum Gasteiger partial charge on any atom is -0.480 e. The van der Waals surface area contributed by atoms with Crippen molar-refractivity contribution in [3.05, 3.63) is 0 Å². The van der Waals surface area contributed by atoms with Crippen LogP contribution in [0.15, 0.2) is 0 Å². The molecule has 1 rings (SSSR count). The zero-order valence-corrected chi connectivity index (χ0v) is 14.1. The quantitative estimate of drug-likeness (QED) is 0.227. The number of primary amides is 1. The monoisotopic (exact) mass is 357 g/mol. The lowest BCUT2D eigenvalue weighted by atomic mass is 10.1. The van der Waals surface area contributed by atoms with Crippen molar-refractivity contribution in [3.8, 4) is 0 Å². The van der Waals surface area contributed by atoms with E-state index >= 15 is 0 Å². The van der Waals surface area contributed by atoms with Gasteiger partial charge in [0.05, 0.1) is 12.5 Å². The number of rotatable bonds is 11. The number of hydrogen-bond acceptors (Lipinski definition) is 6. The number of unbranched alkanes of at least 4 members (excludes halogenated alkanes) is 1. The van der Waals surface area contributed by atoms with Crippen LogP contribution in [0, 0.1) is 0 Å². The Kier molecular flexibility index (Phi) is 8.86. The Balaban J connectivity index is 2.68. The van der Waals surface area contributed by atoms with E-state index in [0.29, 0.717) is 32.4 Å². The lowest BCUT2D eigenvalue weighted by molar-refractivity contribution is -0.142. The summed E-state index contributed by atoms with van der Waals surface area (Å²) >= 11 is 0. The predicted molar refractivity (Wildman–Crippen MR) is 89.2 cm³/mol. The first kappa shape index (κ1) is 20.8. The number of nitrogens with one attached hydrogen (secondary N) is 3. The Bertz CT molecular complexity index is 493. The Labute approximate surface area is 146 Å². The van der Waals surface area contributed by atoms with Crippen LogP contribution in [0.3, 0.4) is 0 Å². The Hall–Kier alpha value is -2.20. The maximum Gasteiger partial charge on any atom is 0.326 e. The van der Waals surface area contributed by atoms with Crippen molar-refractivity contribution in [1.82, 2.24) is 16.0 Å². The van der Waals surface area contributed by atoms with Gasteiger partial charge in [-0.15, -0.1) is 0 Å². The molecule has 0 aromatic carbocycles. The van der Waals surface area contributed by atoms with Crippen molar-refractivity contribution in [2.24, 2.45) is 11.5 Å². The molecule has 8 N–H and O–H groups in total. The van der Waals surface area contributed by atoms with Crippen LogP contribution in [0.25, 0.3) is 0 Å². The highest BCUT2D eigenvalue weighted by Gasteiger charge is 2.30. The van der Waals surface area contributed by atoms with Gasteiger partial charge < -0.3 is 32.5 Å². The number of amides is 3. The van der Waals surface area contributed by atoms with E-state index in [1.54, 1.807) is 0 Å². The van der Waals surface area contributed by atoms with Gasteiger partial charge in [-0.25, -0.2) is 4.79 Å². The summed E-state index contributed by atoms with van der Waals surface area (Å²) in [5, 5.41) is 17.0. The van der Waals surface area contributed by atoms with Crippen molar-refractivity contribution in [1.29, 1.82) is 0 Å². The van der Waals surface area contributed by atoms with E-state index in [0.717, 1.165) is 6.42 Å². The molecule has 3 amide bonds. The van der Waals surface area contributed by atoms with E-state index in [1.165, 1.54) is 0 Å². The Morgan fingerprint density at radius 1 is 1.16 bits per heavy atom. The van der Waals surface area contributed by atoms with Gasteiger partial charge in [-0.1, -0.05) is 0 Å². The molecule has 1 heterocycles. The second-order valence-electron chi connectivity index (χ2n) is 6.06. The molecule has 0 saturated carbocycles. The highest BCUT2D eigenvalue weighted by Crippen LogP contribution is 2.07. The average molecular weight is 357 g/mol. The van der Waals surface area contributed by atoms with Gasteiger partial charge in [-0.05, 0) is 45.2 Å². The van der Waals surface area contributed by atoms with Gasteiger partial charge in [-0.3, -0.25) is 14.4 Å². The number of carbonyl (C=O) groups excluding carboxylic acids is 3. The topological polar surface area (TPSA) is 177 Å². The van der Waals surface area contributed by atoms with Gasteiger partial charge in [0.1, 0.15) is 12.1 Å². The fraction of sp³-hybridized carbons (Fsp3) is 0.733. The summed E-state index contributed by atoms with van der Waals surface area (Å²) in [4.78, 5) is 46.9. The third kappa shape index (κ3) is 7.48. The zero-order chi connectivity index (χ0) is 18.8. The first-order valence-corrected chi connectivity index (χ1v) is 8.40. The molecule has 1 fully saturated rings. The van der Waals surface area contributed by atoms with Crippen LogP contribution in [-0.2, 0) is 19.2 Å². The molecule has 0 spiro atoms. The van der Waals surface area contributed by atoms with Gasteiger partial charge in [0.15, 0.2) is 0 Å². The van der Waals surface area contributed by atoms with Crippen molar-refractivity contribution in [3.63, 3.8) is 0 Å². The minimum absolute atomic E-state index is 0.208. The molecule has 3 atom stereocenters. The summed E-state index contributed by atoms with van der Waals surface area (Å²) in [5.74, 6) is -3.11. The van der Waals surface area contributed by atoms with E-state index in [9.17, 15) is 24.3 Å². The fourth-order valence-electron chi connectivity index (χ4n) is 2.61. The predicted octanol–water partition coefficient (Wildman–Crippen LogP) is -2.20. The second-order valence-corrected chi connectivity index (χ2v) is 6.06. The fourth-order valence-corrected chi connectivity index (χ4v) is 2.61. The number of carbonyl (C=O) groups is 4. The lowest BCUT2D eigenvalue weighted by Crippen LogP contribution is -2.55. The maximum absolute atomic E-state index is 12.3. The van der Waals surface area contributed by atoms with Crippen LogP contribution >= 0.6 is 0 Å². The smallest absolute Gasteiger partial charge is 0.326 e. The molecule has 0 radical (unpaired) electrons. The van der Waals surface area contributed by atoms with E-state index in [2.05, 4.69) is 16.0 Å². The average Bonchev–Trinajstić information content (AvgIpc) is 3.07. The second kappa shape index (κ2) is 10.6. The molecular weight excluding hydrogens is 330 g/mol. The van der Waals surface area contributed by atoms with Crippen molar-refractivity contribution in [2.45, 2.75) is 56.7 Å². The van der Waals surface area contributed by atoms with Gasteiger partial charge in [0.2, 0.25) is 17.7 Å². The van der Waals surface area contributed by atoms with Crippen LogP contribution in [0.1, 0.15) is 38.5 Å². The first-order chi connectivity index (χ1) is 11.8. The molecule has 1 aliphatic heterocycles. The normalized spacial score (nSPS) is 19.0. The number of nitrogens with two attached hydrogens (primary N) is 2. The van der Waals surface area contributed by atoms with Crippen LogP contribution < -0.4 is 27.4 Å². The molecule has 0 unspecified atom stereocenters. The van der Waals surface area contributed by atoms with Crippen molar-refractivity contribution >= 4 is 23.7 Å². The highest BCUT2D eigenvalue weighted by atomic mass is 16.4. The molecule has 1 saturated heterocycles. The van der Waals surface area contributed by atoms with Crippen LogP contribution in [0.5, 0.6) is 0 Å². The van der Waals surface area contributed by atoms with Crippen molar-refractivity contribution in [2.75, 3.05) is 13.1 Å². The van der Waals surface area contributed by atoms with Gasteiger partial charge in [-0.2, -0.15) is 0 Å². The molecule has 25 heavy (non-hydrogen) atoms. The first-order valence-electron chi connectivity index (χ1n) is 8.40. The SMILES string of the molecule is NCCCC[C@H](NC(=O)[C@H](CC(N)=O)NC(=O)[C@@H]1CCCN1)C(=O)O. The largest absolute Gasteiger partial charge is 0.480 e. The van der Waals surface area contributed by atoms with E-state index in [1.807, 2.05) is 0 Å². The molecular formula is C15H27N5O5. The molecule has 142 valence electrons. The van der Waals surface area contributed by atoms with Gasteiger partial charge >= 0.3 is 5.97 Å². The Morgan fingerprint density at radius 2 is 1.88 bits per heavy atom. The number of carboxylic acid groups (broad SMARTS) is 1. The summed E-state index contributed by atoms with van der Waals surface area (Å²) in [6.45, 7) is 1.13. The molecule has 0 aliphatic carbocycles. The van der Waals surface area contributed by atoms with E-state index in [4.69, 9.17) is 11.5 Å². The number of carboxylic acids is 1. The highest BCUT2D eigenvalue weighted by molar-refractivity contribution is 5.94. The van der Waals surface area contributed by atoms with Crippen LogP contribution in [0.2, 0.25) is 0 Å². The molecule has 1 aliphatic rings. The summed E-state index contributed by atoms with van der Waals surface area (Å²) in [6.07, 6.45) is 2.45. The summed E-state index contributed by atoms with van der Waals surface area (Å²) in [5.41, 5.74) is 10.5. The van der Waals surface area contributed by atoms with Gasteiger partial charge in [0, 0.05) is 0 Å². The molecule has 0 aromatic rings. The standard InChI is InChI=1S/C15H27N5O5/c16-6-2-1-4-10(15(24)25)19-14(23)11(8-12(17)21)20-13(22)9-5-3-7-18-9/h9-11,18H,1-8,16H2,(H2,17,21)(H,19,23)(H,20,22)(H,24,25)/t9-,10-,11-/m0/s1. The third-order valence-corrected chi connectivity index (χ3v) is 3.98. The lowest BCUT2D eigenvalue weighted by Gasteiger charge is -2.22. The van der Waals surface area contributed by atoms with Gasteiger partial charge in [0.25, 0.3) is 0 Å². The van der Waals surface area contributed by atoms with E-state index in [-0.39, 0.29) is 6.42 Å². The van der Waals surface area contributed by atoms with E-state index < -0.39 is 48.2 Å². The summed E-state index contributed by atoms with van der Waals surface area (Å²) in [6, 6.07) is -2.75. The Morgan fingerprint density at radius 3 is 2.40 bits per heavy atom. The molecule has 0 bridgehead atoms. The summed E-state index contributed by atoms with van der Waals surface area (Å²) < 4.78 is 0. The third-order valence-electron chi connectivity index (χ3n) is 3.98. The maximum atomic E-state index is 12.3. The van der Waals surface area contributed by atoms with Crippen LogP contribution in [-0.4, -0.2) is 60.0 Å². The molecule has 10 heteroatoms. The molecule has 0 aromatic heterocycles. The molecule has 10 nitrogen and oxygen atoms in total. The minimum atomic E-state index is -1.20. The van der Waals surface area contributed by atoms with Crippen LogP contribution in [0.4, 0.5) is 0 Å². The van der Waals surface area contributed by atoms with Crippen molar-refractivity contribution < 1.29 is 24.3 Å². The zero-order valence-electron chi connectivity index (χ0n) is 14.1. The number of aliphatic carboxylic acids is 1. The number of hydrogen-bond donors (Lipinski definition) is 6. The summed E-state index contributed by atoms with van der Waals surface area (Å²) in [7, 11) is 0.